The highest BCUT2D eigenvalue weighted by Gasteiger charge is 1.82. The highest BCUT2D eigenvalue weighted by molar-refractivity contribution is 4.89. The molecule has 52 valence electrons. The van der Waals surface area contributed by atoms with Gasteiger partial charge in [0.25, 0.3) is 0 Å². The minimum atomic E-state index is -0.375. The van der Waals surface area contributed by atoms with Crippen LogP contribution in [0.15, 0.2) is 17.9 Å². The highest BCUT2D eigenvalue weighted by atomic mass is 16.3. The third-order valence-electron chi connectivity index (χ3n) is 0.767. The second-order valence-corrected chi connectivity index (χ2v) is 2.48. The molecule has 1 N–H and O–H groups in total. The van der Waals surface area contributed by atoms with Gasteiger partial charge in [-0.1, -0.05) is 13.8 Å². The van der Waals surface area contributed by atoms with Gasteiger partial charge in [-0.3, -0.25) is 0 Å². The van der Waals surface area contributed by atoms with Gasteiger partial charge in [0.05, 0.1) is 6.10 Å². The fraction of sp³-hybridized carbons (Fsp3) is 0.625. The second kappa shape index (κ2) is 4.37. The Kier molecular flexibility index (Phi) is 4.12. The summed E-state index contributed by atoms with van der Waals surface area (Å²) in [5, 5.41) is 8.73. The third kappa shape index (κ3) is 7.48. The highest BCUT2D eigenvalue weighted by Crippen LogP contribution is 1.91. The van der Waals surface area contributed by atoms with Crippen LogP contribution in [0, 0.1) is 5.92 Å². The smallest absolute Gasteiger partial charge is 0.0766 e. The lowest BCUT2D eigenvalue weighted by Crippen LogP contribution is -1.90. The summed E-state index contributed by atoms with van der Waals surface area (Å²) in [7, 11) is 0. The summed E-state index contributed by atoms with van der Waals surface area (Å²) in [4.78, 5) is 0. The standard InChI is InChI=1S/C8H14O/c1-7(2)5-4-6-8(3)9/h5-9H,1-3H3. The first-order valence-corrected chi connectivity index (χ1v) is 3.23. The molecule has 0 aliphatic rings. The van der Waals surface area contributed by atoms with E-state index < -0.39 is 0 Å². The van der Waals surface area contributed by atoms with Gasteiger partial charge in [0.2, 0.25) is 0 Å². The van der Waals surface area contributed by atoms with E-state index in [-0.39, 0.29) is 6.10 Å². The van der Waals surface area contributed by atoms with Crippen LogP contribution in [0.3, 0.4) is 0 Å². The van der Waals surface area contributed by atoms with Crippen molar-refractivity contribution in [3.05, 3.63) is 17.9 Å². The maximum absolute atomic E-state index is 8.73. The van der Waals surface area contributed by atoms with E-state index in [1.165, 1.54) is 0 Å². The van der Waals surface area contributed by atoms with Crippen molar-refractivity contribution in [2.24, 2.45) is 5.92 Å². The zero-order valence-corrected chi connectivity index (χ0v) is 6.26. The fourth-order valence-corrected chi connectivity index (χ4v) is 0.387. The molecule has 1 heteroatoms. The number of hydrogen-bond acceptors (Lipinski definition) is 1. The van der Waals surface area contributed by atoms with Crippen molar-refractivity contribution in [1.29, 1.82) is 0 Å². The SMILES string of the molecule is CC(C)C=C=CC(C)O. The first-order chi connectivity index (χ1) is 4.13. The molecule has 1 nitrogen and oxygen atoms in total. The molecule has 1 atom stereocenters. The lowest BCUT2D eigenvalue weighted by molar-refractivity contribution is 0.244. The molecule has 0 saturated carbocycles. The van der Waals surface area contributed by atoms with E-state index in [0.29, 0.717) is 5.92 Å². The summed E-state index contributed by atoms with van der Waals surface area (Å²) in [6, 6.07) is 0. The quantitative estimate of drug-likeness (QED) is 0.559. The Morgan fingerprint density at radius 1 is 1.22 bits per heavy atom. The molecule has 0 aromatic rings. The van der Waals surface area contributed by atoms with E-state index in [1.54, 1.807) is 13.0 Å². The van der Waals surface area contributed by atoms with Gasteiger partial charge >= 0.3 is 0 Å². The minimum absolute atomic E-state index is 0.375. The van der Waals surface area contributed by atoms with Crippen LogP contribution >= 0.6 is 0 Å². The maximum Gasteiger partial charge on any atom is 0.0766 e. The van der Waals surface area contributed by atoms with Crippen LogP contribution in [-0.4, -0.2) is 11.2 Å². The summed E-state index contributed by atoms with van der Waals surface area (Å²) in [5.74, 6) is 0.514. The van der Waals surface area contributed by atoms with Gasteiger partial charge in [-0.05, 0) is 25.0 Å². The Morgan fingerprint density at radius 2 is 1.78 bits per heavy atom. The average molecular weight is 126 g/mol. The Labute approximate surface area is 56.7 Å². The fourth-order valence-electron chi connectivity index (χ4n) is 0.387. The van der Waals surface area contributed by atoms with E-state index in [2.05, 4.69) is 19.6 Å². The summed E-state index contributed by atoms with van der Waals surface area (Å²) >= 11 is 0. The van der Waals surface area contributed by atoms with Crippen molar-refractivity contribution >= 4 is 0 Å². The van der Waals surface area contributed by atoms with E-state index in [0.717, 1.165) is 0 Å². The topological polar surface area (TPSA) is 20.2 Å². The van der Waals surface area contributed by atoms with Gasteiger partial charge in [-0.25, -0.2) is 0 Å². The van der Waals surface area contributed by atoms with E-state index in [1.807, 2.05) is 6.08 Å². The number of hydrogen-bond donors (Lipinski definition) is 1. The molecule has 1 unspecified atom stereocenters. The Hall–Kier alpha value is -0.520. The lowest BCUT2D eigenvalue weighted by atomic mass is 10.2. The molecule has 0 fully saturated rings. The molecular weight excluding hydrogens is 112 g/mol. The van der Waals surface area contributed by atoms with Crippen molar-refractivity contribution < 1.29 is 5.11 Å². The van der Waals surface area contributed by atoms with Crippen LogP contribution in [0.5, 0.6) is 0 Å². The van der Waals surface area contributed by atoms with Crippen LogP contribution in [-0.2, 0) is 0 Å². The first kappa shape index (κ1) is 8.48. The predicted octanol–water partition coefficient (Wildman–Crippen LogP) is 1.73. The normalized spacial score (nSPS) is 12.6. The Bertz CT molecular complexity index is 105. The number of aliphatic hydroxyl groups is 1. The zero-order chi connectivity index (χ0) is 7.28. The van der Waals surface area contributed by atoms with Crippen LogP contribution < -0.4 is 0 Å². The van der Waals surface area contributed by atoms with Crippen LogP contribution in [0.25, 0.3) is 0 Å². The molecular formula is C8H14O. The van der Waals surface area contributed by atoms with Crippen LogP contribution in [0.4, 0.5) is 0 Å². The van der Waals surface area contributed by atoms with Gasteiger partial charge in [0, 0.05) is 0 Å². The molecule has 0 aromatic carbocycles. The van der Waals surface area contributed by atoms with Crippen molar-refractivity contribution in [2.75, 3.05) is 0 Å². The Morgan fingerprint density at radius 3 is 2.11 bits per heavy atom. The van der Waals surface area contributed by atoms with E-state index in [9.17, 15) is 0 Å². The van der Waals surface area contributed by atoms with Gasteiger partial charge in [-0.2, -0.15) is 0 Å². The summed E-state index contributed by atoms with van der Waals surface area (Å²) in [5.41, 5.74) is 2.88. The molecule has 0 aromatic heterocycles. The molecule has 0 spiro atoms. The largest absolute Gasteiger partial charge is 0.389 e. The summed E-state index contributed by atoms with van der Waals surface area (Å²) in [6.45, 7) is 5.85. The lowest BCUT2D eigenvalue weighted by Gasteiger charge is -1.89. The molecule has 0 rings (SSSR count). The predicted molar refractivity (Wildman–Crippen MR) is 39.2 cm³/mol. The first-order valence-electron chi connectivity index (χ1n) is 3.23. The summed E-state index contributed by atoms with van der Waals surface area (Å²) < 4.78 is 0. The van der Waals surface area contributed by atoms with Gasteiger partial charge in [0.15, 0.2) is 0 Å². The number of aliphatic hydroxyl groups excluding tert-OH is 1. The average Bonchev–Trinajstić information content (AvgIpc) is 1.63. The molecule has 0 radical (unpaired) electrons. The molecule has 0 aliphatic heterocycles. The maximum atomic E-state index is 8.73. The van der Waals surface area contributed by atoms with E-state index in [4.69, 9.17) is 5.11 Å². The monoisotopic (exact) mass is 126 g/mol. The molecule has 0 aliphatic carbocycles. The van der Waals surface area contributed by atoms with Gasteiger partial charge in [0.1, 0.15) is 0 Å². The van der Waals surface area contributed by atoms with Crippen molar-refractivity contribution in [1.82, 2.24) is 0 Å². The van der Waals surface area contributed by atoms with Crippen molar-refractivity contribution in [3.63, 3.8) is 0 Å². The number of rotatable bonds is 2. The summed E-state index contributed by atoms with van der Waals surface area (Å²) in [6.07, 6.45) is 3.19. The zero-order valence-electron chi connectivity index (χ0n) is 6.26. The molecule has 9 heavy (non-hydrogen) atoms. The van der Waals surface area contributed by atoms with Crippen LogP contribution in [0.1, 0.15) is 20.8 Å². The van der Waals surface area contributed by atoms with Gasteiger partial charge in [-0.15, -0.1) is 5.73 Å². The van der Waals surface area contributed by atoms with Gasteiger partial charge < -0.3 is 5.11 Å². The van der Waals surface area contributed by atoms with Crippen molar-refractivity contribution in [3.8, 4) is 0 Å². The third-order valence-corrected chi connectivity index (χ3v) is 0.767. The molecule has 0 amide bonds. The molecule has 0 saturated heterocycles. The minimum Gasteiger partial charge on any atom is -0.389 e. The molecule has 0 heterocycles. The Balaban J connectivity index is 3.67. The second-order valence-electron chi connectivity index (χ2n) is 2.48. The van der Waals surface area contributed by atoms with E-state index >= 15 is 0 Å². The molecule has 0 bridgehead atoms. The van der Waals surface area contributed by atoms with Crippen molar-refractivity contribution in [2.45, 2.75) is 26.9 Å². The van der Waals surface area contributed by atoms with Crippen LogP contribution in [0.2, 0.25) is 0 Å².